The molecule has 0 radical (unpaired) electrons. The smallest absolute Gasteiger partial charge is 0.119 e. The van der Waals surface area contributed by atoms with Crippen LogP contribution in [0.4, 0.5) is 0 Å². The summed E-state index contributed by atoms with van der Waals surface area (Å²) in [5.41, 5.74) is 6.38. The average Bonchev–Trinajstić information content (AvgIpc) is 2.12. The third-order valence-electron chi connectivity index (χ3n) is 1.75. The second kappa shape index (κ2) is 5.10. The van der Waals surface area contributed by atoms with Crippen molar-refractivity contribution in [1.82, 2.24) is 0 Å². The largest absolute Gasteiger partial charge is 0.494 e. The molecule has 0 atom stereocenters. The van der Waals surface area contributed by atoms with Crippen LogP contribution in [0.2, 0.25) is 5.02 Å². The predicted octanol–water partition coefficient (Wildman–Crippen LogP) is 2.38. The maximum atomic E-state index is 5.87. The lowest BCUT2D eigenvalue weighted by Crippen LogP contribution is -2.06. The van der Waals surface area contributed by atoms with Crippen LogP contribution in [0.1, 0.15) is 12.0 Å². The fraction of sp³-hybridized carbons (Fsp3) is 0.400. The molecule has 1 aromatic rings. The number of aryl methyl sites for hydroxylation is 1. The molecule has 0 spiro atoms. The van der Waals surface area contributed by atoms with Crippen LogP contribution in [0.15, 0.2) is 18.2 Å². The molecule has 0 aromatic heterocycles. The molecule has 0 unspecified atom stereocenters. The molecule has 0 fully saturated rings. The van der Waals surface area contributed by atoms with Crippen LogP contribution in [0.5, 0.6) is 5.75 Å². The molecule has 72 valence electrons. The highest BCUT2D eigenvalue weighted by Crippen LogP contribution is 2.20. The lowest BCUT2D eigenvalue weighted by atomic mass is 10.2. The van der Waals surface area contributed by atoms with E-state index in [2.05, 4.69) is 0 Å². The topological polar surface area (TPSA) is 35.2 Å². The van der Waals surface area contributed by atoms with Gasteiger partial charge in [0.05, 0.1) is 6.61 Å². The van der Waals surface area contributed by atoms with E-state index in [0.717, 1.165) is 22.8 Å². The second-order valence-electron chi connectivity index (χ2n) is 2.90. The summed E-state index contributed by atoms with van der Waals surface area (Å²) in [5.74, 6) is 0.857. The zero-order valence-electron chi connectivity index (χ0n) is 7.72. The Hall–Kier alpha value is -0.730. The van der Waals surface area contributed by atoms with Crippen LogP contribution < -0.4 is 10.5 Å². The van der Waals surface area contributed by atoms with E-state index in [9.17, 15) is 0 Å². The SMILES string of the molecule is Cc1cc(OCCCN)ccc1Cl. The summed E-state index contributed by atoms with van der Waals surface area (Å²) < 4.78 is 5.44. The summed E-state index contributed by atoms with van der Waals surface area (Å²) in [5, 5.41) is 0.770. The van der Waals surface area contributed by atoms with Crippen LogP contribution in [0, 0.1) is 6.92 Å². The summed E-state index contributed by atoms with van der Waals surface area (Å²) in [6.07, 6.45) is 0.877. The first kappa shape index (κ1) is 10.4. The maximum absolute atomic E-state index is 5.87. The van der Waals surface area contributed by atoms with E-state index in [1.54, 1.807) is 0 Å². The maximum Gasteiger partial charge on any atom is 0.119 e. The van der Waals surface area contributed by atoms with Crippen molar-refractivity contribution in [3.8, 4) is 5.75 Å². The molecule has 0 aliphatic rings. The quantitative estimate of drug-likeness (QED) is 0.756. The second-order valence-corrected chi connectivity index (χ2v) is 3.31. The normalized spacial score (nSPS) is 10.1. The van der Waals surface area contributed by atoms with Crippen molar-refractivity contribution in [2.45, 2.75) is 13.3 Å². The van der Waals surface area contributed by atoms with Gasteiger partial charge in [-0.05, 0) is 43.7 Å². The minimum absolute atomic E-state index is 0.659. The minimum atomic E-state index is 0.659. The van der Waals surface area contributed by atoms with E-state index in [0.29, 0.717) is 13.2 Å². The van der Waals surface area contributed by atoms with E-state index in [-0.39, 0.29) is 0 Å². The van der Waals surface area contributed by atoms with E-state index in [4.69, 9.17) is 22.1 Å². The van der Waals surface area contributed by atoms with Crippen molar-refractivity contribution >= 4 is 11.6 Å². The van der Waals surface area contributed by atoms with Gasteiger partial charge in [0.2, 0.25) is 0 Å². The van der Waals surface area contributed by atoms with Gasteiger partial charge in [-0.2, -0.15) is 0 Å². The first-order chi connectivity index (χ1) is 6.24. The Balaban J connectivity index is 2.53. The fourth-order valence-electron chi connectivity index (χ4n) is 0.980. The molecule has 0 bridgehead atoms. The van der Waals surface area contributed by atoms with Crippen LogP contribution in [-0.2, 0) is 0 Å². The monoisotopic (exact) mass is 199 g/mol. The van der Waals surface area contributed by atoms with E-state index in [1.807, 2.05) is 25.1 Å². The van der Waals surface area contributed by atoms with E-state index in [1.165, 1.54) is 0 Å². The standard InChI is InChI=1S/C10H14ClNO/c1-8-7-9(3-4-10(8)11)13-6-2-5-12/h3-4,7H,2,5-6,12H2,1H3. The highest BCUT2D eigenvalue weighted by molar-refractivity contribution is 6.31. The van der Waals surface area contributed by atoms with E-state index < -0.39 is 0 Å². The summed E-state index contributed by atoms with van der Waals surface area (Å²) in [6, 6.07) is 5.64. The number of nitrogens with two attached hydrogens (primary N) is 1. The van der Waals surface area contributed by atoms with Gasteiger partial charge in [-0.25, -0.2) is 0 Å². The van der Waals surface area contributed by atoms with Crippen molar-refractivity contribution < 1.29 is 4.74 Å². The molecule has 0 aliphatic carbocycles. The van der Waals surface area contributed by atoms with Gasteiger partial charge in [0.1, 0.15) is 5.75 Å². The van der Waals surface area contributed by atoms with Gasteiger partial charge in [-0.15, -0.1) is 0 Å². The molecule has 0 heterocycles. The number of benzene rings is 1. The van der Waals surface area contributed by atoms with Crippen LogP contribution in [-0.4, -0.2) is 13.2 Å². The summed E-state index contributed by atoms with van der Waals surface area (Å²) in [7, 11) is 0. The Morgan fingerprint density at radius 1 is 1.46 bits per heavy atom. The van der Waals surface area contributed by atoms with Crippen molar-refractivity contribution in [2.24, 2.45) is 5.73 Å². The minimum Gasteiger partial charge on any atom is -0.494 e. The van der Waals surface area contributed by atoms with Gasteiger partial charge < -0.3 is 10.5 Å². The molecular weight excluding hydrogens is 186 g/mol. The van der Waals surface area contributed by atoms with E-state index >= 15 is 0 Å². The Morgan fingerprint density at radius 3 is 2.85 bits per heavy atom. The zero-order chi connectivity index (χ0) is 9.68. The molecule has 0 amide bonds. The van der Waals surface area contributed by atoms with Gasteiger partial charge >= 0.3 is 0 Å². The number of hydrogen-bond acceptors (Lipinski definition) is 2. The van der Waals surface area contributed by atoms with Crippen LogP contribution in [0.3, 0.4) is 0 Å². The molecule has 3 heteroatoms. The van der Waals surface area contributed by atoms with Crippen molar-refractivity contribution in [1.29, 1.82) is 0 Å². The molecule has 2 nitrogen and oxygen atoms in total. The van der Waals surface area contributed by atoms with Crippen molar-refractivity contribution in [2.75, 3.05) is 13.2 Å². The Bertz CT molecular complexity index is 276. The number of ether oxygens (including phenoxy) is 1. The number of halogens is 1. The first-order valence-electron chi connectivity index (χ1n) is 4.33. The van der Waals surface area contributed by atoms with Crippen molar-refractivity contribution in [3.63, 3.8) is 0 Å². The van der Waals surface area contributed by atoms with Crippen LogP contribution in [0.25, 0.3) is 0 Å². The fourth-order valence-corrected chi connectivity index (χ4v) is 1.10. The van der Waals surface area contributed by atoms with Gasteiger partial charge in [-0.3, -0.25) is 0 Å². The Morgan fingerprint density at radius 2 is 2.23 bits per heavy atom. The Labute approximate surface area is 83.6 Å². The number of hydrogen-bond donors (Lipinski definition) is 1. The predicted molar refractivity (Wildman–Crippen MR) is 55.4 cm³/mol. The highest BCUT2D eigenvalue weighted by atomic mass is 35.5. The molecule has 1 aromatic carbocycles. The summed E-state index contributed by atoms with van der Waals surface area (Å²) >= 11 is 5.87. The zero-order valence-corrected chi connectivity index (χ0v) is 8.47. The molecular formula is C10H14ClNO. The molecule has 0 saturated carbocycles. The Kier molecular flexibility index (Phi) is 4.06. The highest BCUT2D eigenvalue weighted by Gasteiger charge is 1.97. The summed E-state index contributed by atoms with van der Waals surface area (Å²) in [6.45, 7) is 3.28. The molecule has 2 N–H and O–H groups in total. The molecule has 13 heavy (non-hydrogen) atoms. The van der Waals surface area contributed by atoms with Crippen molar-refractivity contribution in [3.05, 3.63) is 28.8 Å². The van der Waals surface area contributed by atoms with Gasteiger partial charge in [0.15, 0.2) is 0 Å². The van der Waals surface area contributed by atoms with Gasteiger partial charge in [-0.1, -0.05) is 11.6 Å². The summed E-state index contributed by atoms with van der Waals surface area (Å²) in [4.78, 5) is 0. The molecule has 1 rings (SSSR count). The number of rotatable bonds is 4. The lowest BCUT2D eigenvalue weighted by molar-refractivity contribution is 0.313. The molecule has 0 saturated heterocycles. The lowest BCUT2D eigenvalue weighted by Gasteiger charge is -2.06. The van der Waals surface area contributed by atoms with Gasteiger partial charge in [0, 0.05) is 5.02 Å². The third kappa shape index (κ3) is 3.25. The van der Waals surface area contributed by atoms with Gasteiger partial charge in [0.25, 0.3) is 0 Å². The first-order valence-corrected chi connectivity index (χ1v) is 4.71. The third-order valence-corrected chi connectivity index (χ3v) is 2.17. The van der Waals surface area contributed by atoms with Crippen LogP contribution >= 0.6 is 11.6 Å². The molecule has 0 aliphatic heterocycles. The average molecular weight is 200 g/mol.